The predicted octanol–water partition coefficient (Wildman–Crippen LogP) is 4.68. The van der Waals surface area contributed by atoms with Gasteiger partial charge in [0.05, 0.1) is 23.3 Å². The van der Waals surface area contributed by atoms with Gasteiger partial charge in [-0.3, -0.25) is 4.79 Å². The second kappa shape index (κ2) is 11.8. The molecule has 3 aromatic rings. The third-order valence-electron chi connectivity index (χ3n) is 8.25. The van der Waals surface area contributed by atoms with Gasteiger partial charge in [-0.05, 0) is 73.4 Å². The summed E-state index contributed by atoms with van der Waals surface area (Å²) in [6, 6.07) is 14.2. The molecule has 3 aromatic carbocycles. The molecule has 5 rings (SSSR count). The van der Waals surface area contributed by atoms with Crippen LogP contribution in [0.5, 0.6) is 5.75 Å². The summed E-state index contributed by atoms with van der Waals surface area (Å²) in [7, 11) is 0. The Balaban J connectivity index is 1.62. The number of hydrogen-bond donors (Lipinski definition) is 4. The lowest BCUT2D eigenvalue weighted by molar-refractivity contribution is 0.1000. The largest absolute Gasteiger partial charge is 0.488 e. The summed E-state index contributed by atoms with van der Waals surface area (Å²) in [5.41, 5.74) is 7.28. The zero-order valence-electron chi connectivity index (χ0n) is 22.1. The number of aliphatic hydroxyl groups excluding tert-OH is 2. The first-order chi connectivity index (χ1) is 19.2. The summed E-state index contributed by atoms with van der Waals surface area (Å²) in [6.45, 7) is 0.0766. The summed E-state index contributed by atoms with van der Waals surface area (Å²) < 4.78 is 36.7. The van der Waals surface area contributed by atoms with Crippen molar-refractivity contribution in [2.75, 3.05) is 19.8 Å². The number of primary amides is 1. The van der Waals surface area contributed by atoms with Crippen LogP contribution in [0.3, 0.4) is 0 Å². The number of aliphatic hydroxyl groups is 2. The number of carbonyl (C=O) groups is 1. The molecule has 6 nitrogen and oxygen atoms in total. The van der Waals surface area contributed by atoms with Gasteiger partial charge in [0.25, 0.3) is 0 Å². The number of fused-ring (bicyclic) bond motifs is 1. The first-order valence-corrected chi connectivity index (χ1v) is 13.9. The van der Waals surface area contributed by atoms with Gasteiger partial charge in [0.2, 0.25) is 5.91 Å². The molecule has 0 radical (unpaired) electrons. The Hall–Kier alpha value is -3.04. The Morgan fingerprint density at radius 2 is 1.80 bits per heavy atom. The highest BCUT2D eigenvalue weighted by Crippen LogP contribution is 2.49. The van der Waals surface area contributed by atoms with Crippen molar-refractivity contribution in [2.45, 2.75) is 56.1 Å². The van der Waals surface area contributed by atoms with E-state index in [2.05, 4.69) is 5.32 Å². The molecule has 40 heavy (non-hydrogen) atoms. The average Bonchev–Trinajstić information content (AvgIpc) is 3.32. The van der Waals surface area contributed by atoms with Gasteiger partial charge in [0.1, 0.15) is 12.4 Å². The maximum atomic E-state index is 16.0. The molecule has 1 fully saturated rings. The predicted molar refractivity (Wildman–Crippen MR) is 150 cm³/mol. The van der Waals surface area contributed by atoms with Gasteiger partial charge >= 0.3 is 0 Å². The fourth-order valence-corrected chi connectivity index (χ4v) is 6.48. The van der Waals surface area contributed by atoms with Gasteiger partial charge in [0.15, 0.2) is 11.6 Å². The van der Waals surface area contributed by atoms with Crippen molar-refractivity contribution < 1.29 is 28.5 Å². The zero-order chi connectivity index (χ0) is 28.4. The van der Waals surface area contributed by atoms with Crippen molar-refractivity contribution in [2.24, 2.45) is 5.73 Å². The molecular formula is C31H33ClF2N2O4. The minimum Gasteiger partial charge on any atom is -0.488 e. The number of benzene rings is 3. The standard InChI is InChI=1S/C31H33ClF2N2O4/c32-28-24(33)14-18-15-31(19-4-2-1-3-5-19,17-36-20-6-8-21(38)9-7-20)16-23(18)26(28)27-22(30(35)39)10-11-25(29(27)34)40-13-12-37/h1-5,10-11,14,20-21,36-38H,6-9,12-13,15-17H2,(H2,35,39). The smallest absolute Gasteiger partial charge is 0.249 e. The molecular weight excluding hydrogens is 538 g/mol. The van der Waals surface area contributed by atoms with Crippen molar-refractivity contribution in [1.29, 1.82) is 0 Å². The molecule has 1 saturated carbocycles. The van der Waals surface area contributed by atoms with E-state index >= 15 is 8.78 Å². The van der Waals surface area contributed by atoms with Crippen LogP contribution >= 0.6 is 11.6 Å². The third kappa shape index (κ3) is 5.46. The van der Waals surface area contributed by atoms with Crippen LogP contribution in [0.15, 0.2) is 48.5 Å². The summed E-state index contributed by atoms with van der Waals surface area (Å²) in [4.78, 5) is 12.4. The molecule has 0 bridgehead atoms. The minimum absolute atomic E-state index is 0.0935. The highest BCUT2D eigenvalue weighted by molar-refractivity contribution is 6.34. The molecule has 5 N–H and O–H groups in total. The van der Waals surface area contributed by atoms with E-state index in [1.165, 1.54) is 18.2 Å². The molecule has 9 heteroatoms. The number of halogens is 3. The SMILES string of the molecule is NC(=O)c1ccc(OCCO)c(F)c1-c1c(Cl)c(F)cc2c1CC(CNC1CCC(O)CC1)(c1ccccc1)C2. The highest BCUT2D eigenvalue weighted by atomic mass is 35.5. The Morgan fingerprint density at radius 1 is 1.07 bits per heavy atom. The average molecular weight is 571 g/mol. The van der Waals surface area contributed by atoms with Gasteiger partial charge in [-0.2, -0.15) is 0 Å². The lowest BCUT2D eigenvalue weighted by atomic mass is 9.76. The zero-order valence-corrected chi connectivity index (χ0v) is 22.8. The van der Waals surface area contributed by atoms with Crippen LogP contribution in [0.25, 0.3) is 11.1 Å². The molecule has 0 spiro atoms. The Labute approximate surface area is 237 Å². The second-order valence-electron chi connectivity index (χ2n) is 10.8. The van der Waals surface area contributed by atoms with E-state index < -0.39 is 23.0 Å². The number of carbonyl (C=O) groups excluding carboxylic acids is 1. The summed E-state index contributed by atoms with van der Waals surface area (Å²) in [6.07, 6.45) is 3.83. The molecule has 2 aliphatic carbocycles. The van der Waals surface area contributed by atoms with Crippen molar-refractivity contribution in [3.63, 3.8) is 0 Å². The van der Waals surface area contributed by atoms with Crippen LogP contribution < -0.4 is 15.8 Å². The van der Waals surface area contributed by atoms with Gasteiger partial charge in [-0.1, -0.05) is 41.9 Å². The minimum atomic E-state index is -0.893. The first-order valence-electron chi connectivity index (χ1n) is 13.6. The van der Waals surface area contributed by atoms with Crippen LogP contribution in [0.2, 0.25) is 5.02 Å². The van der Waals surface area contributed by atoms with E-state index in [-0.39, 0.29) is 52.8 Å². The molecule has 1 unspecified atom stereocenters. The normalized spacial score (nSPS) is 22.2. The fourth-order valence-electron chi connectivity index (χ4n) is 6.22. The van der Waals surface area contributed by atoms with Crippen molar-refractivity contribution in [3.05, 3.63) is 87.4 Å². The van der Waals surface area contributed by atoms with Crippen molar-refractivity contribution in [1.82, 2.24) is 5.32 Å². The van der Waals surface area contributed by atoms with E-state index in [1.807, 2.05) is 30.3 Å². The summed E-state index contributed by atoms with van der Waals surface area (Å²) in [5, 5.41) is 22.5. The van der Waals surface area contributed by atoms with Crippen molar-refractivity contribution in [3.8, 4) is 16.9 Å². The van der Waals surface area contributed by atoms with E-state index in [9.17, 15) is 9.90 Å². The number of nitrogens with two attached hydrogens (primary N) is 1. The van der Waals surface area contributed by atoms with Gasteiger partial charge in [-0.25, -0.2) is 8.78 Å². The quantitative estimate of drug-likeness (QED) is 0.299. The lowest BCUT2D eigenvalue weighted by Crippen LogP contribution is -2.45. The number of hydrogen-bond acceptors (Lipinski definition) is 5. The Bertz CT molecular complexity index is 1400. The van der Waals surface area contributed by atoms with Gasteiger partial charge in [0, 0.05) is 29.1 Å². The summed E-state index contributed by atoms with van der Waals surface area (Å²) in [5.74, 6) is -2.69. The van der Waals surface area contributed by atoms with Crippen LogP contribution in [0, 0.1) is 11.6 Å². The van der Waals surface area contributed by atoms with Crippen LogP contribution in [0.1, 0.15) is 52.7 Å². The Kier molecular flexibility index (Phi) is 8.42. The topological polar surface area (TPSA) is 105 Å². The maximum Gasteiger partial charge on any atom is 0.249 e. The van der Waals surface area contributed by atoms with Gasteiger partial charge < -0.3 is 26.0 Å². The summed E-state index contributed by atoms with van der Waals surface area (Å²) >= 11 is 6.55. The molecule has 0 aromatic heterocycles. The van der Waals surface area contributed by atoms with Crippen LogP contribution in [-0.4, -0.2) is 48.0 Å². The fraction of sp³-hybridized carbons (Fsp3) is 0.387. The van der Waals surface area contributed by atoms with E-state index in [0.29, 0.717) is 30.5 Å². The third-order valence-corrected chi connectivity index (χ3v) is 8.62. The van der Waals surface area contributed by atoms with E-state index in [0.717, 1.165) is 31.2 Å². The number of amides is 1. The second-order valence-corrected chi connectivity index (χ2v) is 11.2. The van der Waals surface area contributed by atoms with E-state index in [4.69, 9.17) is 27.2 Å². The molecule has 0 saturated heterocycles. The molecule has 1 atom stereocenters. The number of ether oxygens (including phenoxy) is 1. The van der Waals surface area contributed by atoms with Crippen LogP contribution in [-0.2, 0) is 18.3 Å². The molecule has 0 heterocycles. The lowest BCUT2D eigenvalue weighted by Gasteiger charge is -2.34. The molecule has 1 amide bonds. The van der Waals surface area contributed by atoms with Gasteiger partial charge in [-0.15, -0.1) is 0 Å². The van der Waals surface area contributed by atoms with Crippen molar-refractivity contribution >= 4 is 17.5 Å². The van der Waals surface area contributed by atoms with Crippen LogP contribution in [0.4, 0.5) is 8.78 Å². The molecule has 212 valence electrons. The monoisotopic (exact) mass is 570 g/mol. The first kappa shape index (κ1) is 28.5. The molecule has 2 aliphatic rings. The highest BCUT2D eigenvalue weighted by Gasteiger charge is 2.42. The maximum absolute atomic E-state index is 16.0. The molecule has 0 aliphatic heterocycles. The van der Waals surface area contributed by atoms with E-state index in [1.54, 1.807) is 0 Å². The number of nitrogens with one attached hydrogen (secondary N) is 1. The Morgan fingerprint density at radius 3 is 2.48 bits per heavy atom. The number of rotatable bonds is 9.